The van der Waals surface area contributed by atoms with Gasteiger partial charge in [0.25, 0.3) is 5.91 Å². The second-order valence-corrected chi connectivity index (χ2v) is 7.87. The van der Waals surface area contributed by atoms with Crippen molar-refractivity contribution in [1.82, 2.24) is 9.80 Å². The van der Waals surface area contributed by atoms with Gasteiger partial charge in [-0.05, 0) is 35.4 Å². The highest BCUT2D eigenvalue weighted by Crippen LogP contribution is 2.30. The van der Waals surface area contributed by atoms with E-state index in [1.807, 2.05) is 0 Å². The molecule has 2 saturated heterocycles. The lowest BCUT2D eigenvalue weighted by Gasteiger charge is -2.37. The minimum absolute atomic E-state index is 0.0881. The van der Waals surface area contributed by atoms with Gasteiger partial charge in [-0.2, -0.15) is 13.2 Å². The van der Waals surface area contributed by atoms with Gasteiger partial charge in [-0.3, -0.25) is 9.69 Å². The van der Waals surface area contributed by atoms with Gasteiger partial charge in [0.15, 0.2) is 0 Å². The van der Waals surface area contributed by atoms with Crippen LogP contribution < -0.4 is 0 Å². The van der Waals surface area contributed by atoms with E-state index < -0.39 is 17.3 Å². The number of piperazine rings is 1. The van der Waals surface area contributed by atoms with Crippen molar-refractivity contribution in [2.24, 2.45) is 0 Å². The predicted molar refractivity (Wildman–Crippen MR) is 104 cm³/mol. The van der Waals surface area contributed by atoms with Gasteiger partial charge in [0, 0.05) is 38.3 Å². The van der Waals surface area contributed by atoms with E-state index in [1.165, 1.54) is 12.1 Å². The molecule has 2 aliphatic heterocycles. The van der Waals surface area contributed by atoms with Crippen molar-refractivity contribution in [2.45, 2.75) is 18.3 Å². The molecular weight excluding hydrogens is 397 g/mol. The lowest BCUT2D eigenvalue weighted by atomic mass is 9.91. The van der Waals surface area contributed by atoms with Gasteiger partial charge in [-0.15, -0.1) is 0 Å². The number of alkyl halides is 3. The Morgan fingerprint density at radius 3 is 2.27 bits per heavy atom. The first kappa shape index (κ1) is 20.8. The quantitative estimate of drug-likeness (QED) is 0.827. The van der Waals surface area contributed by atoms with Crippen molar-refractivity contribution < 1.29 is 27.8 Å². The smallest absolute Gasteiger partial charge is 0.380 e. The zero-order chi connectivity index (χ0) is 21.4. The summed E-state index contributed by atoms with van der Waals surface area (Å²) in [5, 5.41) is 10.4. The zero-order valence-electron chi connectivity index (χ0n) is 16.4. The van der Waals surface area contributed by atoms with E-state index in [2.05, 4.69) is 4.90 Å². The molecule has 0 saturated carbocycles. The fourth-order valence-corrected chi connectivity index (χ4v) is 3.75. The molecule has 30 heavy (non-hydrogen) atoms. The Labute approximate surface area is 172 Å². The van der Waals surface area contributed by atoms with Crippen molar-refractivity contribution in [1.29, 1.82) is 0 Å². The molecule has 2 heterocycles. The van der Waals surface area contributed by atoms with Crippen molar-refractivity contribution in [3.8, 4) is 0 Å². The number of halogens is 3. The summed E-state index contributed by atoms with van der Waals surface area (Å²) in [5.74, 6) is -0.0881. The van der Waals surface area contributed by atoms with E-state index in [1.54, 1.807) is 29.2 Å². The van der Waals surface area contributed by atoms with Crippen LogP contribution in [-0.4, -0.2) is 60.2 Å². The second kappa shape index (κ2) is 8.02. The van der Waals surface area contributed by atoms with E-state index >= 15 is 0 Å². The van der Waals surface area contributed by atoms with Crippen molar-refractivity contribution in [3.63, 3.8) is 0 Å². The highest BCUT2D eigenvalue weighted by atomic mass is 19.4. The predicted octanol–water partition coefficient (Wildman–Crippen LogP) is 2.88. The van der Waals surface area contributed by atoms with Crippen LogP contribution >= 0.6 is 0 Å². The number of hydrogen-bond donors (Lipinski definition) is 1. The minimum atomic E-state index is -4.33. The molecule has 0 spiro atoms. The van der Waals surface area contributed by atoms with Crippen LogP contribution in [0.5, 0.6) is 0 Å². The van der Waals surface area contributed by atoms with E-state index in [0.717, 1.165) is 17.7 Å². The molecule has 4 rings (SSSR count). The molecule has 0 aromatic heterocycles. The first-order valence-electron chi connectivity index (χ1n) is 9.83. The number of benzene rings is 2. The molecule has 0 bridgehead atoms. The standard InChI is InChI=1S/C22H23F3N2O3/c23-22(24,25)18-6-4-16(5-7-18)13-26-8-10-27(11-9-26)20(28)17-2-1-3-19(12-17)21(29)14-30-15-21/h1-7,12,29H,8-11,13-15H2. The summed E-state index contributed by atoms with van der Waals surface area (Å²) in [5.41, 5.74) is 0.356. The van der Waals surface area contributed by atoms with Crippen LogP contribution in [0.15, 0.2) is 48.5 Å². The summed E-state index contributed by atoms with van der Waals surface area (Å²) in [7, 11) is 0. The number of ether oxygens (including phenoxy) is 1. The van der Waals surface area contributed by atoms with Crippen molar-refractivity contribution in [2.75, 3.05) is 39.4 Å². The fraction of sp³-hybridized carbons (Fsp3) is 0.409. The Balaban J connectivity index is 1.33. The molecule has 2 aliphatic rings. The SMILES string of the molecule is O=C(c1cccc(C2(O)COC2)c1)N1CCN(Cc2ccc(C(F)(F)F)cc2)CC1. The molecule has 2 fully saturated rings. The van der Waals surface area contributed by atoms with Crippen LogP contribution in [-0.2, 0) is 23.1 Å². The van der Waals surface area contributed by atoms with Gasteiger partial charge in [-0.25, -0.2) is 0 Å². The van der Waals surface area contributed by atoms with E-state index in [-0.39, 0.29) is 19.1 Å². The number of aliphatic hydroxyl groups is 1. The summed E-state index contributed by atoms with van der Waals surface area (Å²) in [6, 6.07) is 12.2. The summed E-state index contributed by atoms with van der Waals surface area (Å²) >= 11 is 0. The maximum atomic E-state index is 12.9. The molecule has 0 atom stereocenters. The zero-order valence-corrected chi connectivity index (χ0v) is 16.4. The average Bonchev–Trinajstić information content (AvgIpc) is 2.72. The molecule has 1 amide bonds. The molecule has 8 heteroatoms. The van der Waals surface area contributed by atoms with Crippen LogP contribution in [0.4, 0.5) is 13.2 Å². The van der Waals surface area contributed by atoms with Gasteiger partial charge in [0.1, 0.15) is 5.60 Å². The first-order chi connectivity index (χ1) is 14.2. The highest BCUT2D eigenvalue weighted by molar-refractivity contribution is 5.94. The third-order valence-corrected chi connectivity index (χ3v) is 5.68. The summed E-state index contributed by atoms with van der Waals surface area (Å²) < 4.78 is 43.1. The molecule has 160 valence electrons. The lowest BCUT2D eigenvalue weighted by Crippen LogP contribution is -2.48. The van der Waals surface area contributed by atoms with Crippen molar-refractivity contribution in [3.05, 3.63) is 70.8 Å². The average molecular weight is 420 g/mol. The summed E-state index contributed by atoms with van der Waals surface area (Å²) in [4.78, 5) is 16.8. The third-order valence-electron chi connectivity index (χ3n) is 5.68. The van der Waals surface area contributed by atoms with Gasteiger partial charge >= 0.3 is 6.18 Å². The van der Waals surface area contributed by atoms with Crippen LogP contribution in [0.3, 0.4) is 0 Å². The normalized spacial score (nSPS) is 19.4. The topological polar surface area (TPSA) is 53.0 Å². The monoisotopic (exact) mass is 420 g/mol. The number of carbonyl (C=O) groups excluding carboxylic acids is 1. The van der Waals surface area contributed by atoms with Gasteiger partial charge in [0.05, 0.1) is 18.8 Å². The van der Waals surface area contributed by atoms with E-state index in [4.69, 9.17) is 4.74 Å². The molecule has 2 aromatic rings. The Morgan fingerprint density at radius 1 is 1.03 bits per heavy atom. The maximum Gasteiger partial charge on any atom is 0.416 e. The molecule has 1 N–H and O–H groups in total. The van der Waals surface area contributed by atoms with E-state index in [0.29, 0.717) is 43.9 Å². The largest absolute Gasteiger partial charge is 0.416 e. The lowest BCUT2D eigenvalue weighted by molar-refractivity contribution is -0.184. The highest BCUT2D eigenvalue weighted by Gasteiger charge is 2.38. The Kier molecular flexibility index (Phi) is 5.57. The second-order valence-electron chi connectivity index (χ2n) is 7.87. The van der Waals surface area contributed by atoms with Gasteiger partial charge in [-0.1, -0.05) is 24.3 Å². The Hall–Kier alpha value is -2.42. The van der Waals surface area contributed by atoms with Crippen LogP contribution in [0.2, 0.25) is 0 Å². The molecule has 2 aromatic carbocycles. The number of hydrogen-bond acceptors (Lipinski definition) is 4. The van der Waals surface area contributed by atoms with Crippen LogP contribution in [0.25, 0.3) is 0 Å². The van der Waals surface area contributed by atoms with Gasteiger partial charge < -0.3 is 14.7 Å². The van der Waals surface area contributed by atoms with E-state index in [9.17, 15) is 23.1 Å². The molecule has 0 unspecified atom stereocenters. The van der Waals surface area contributed by atoms with Crippen molar-refractivity contribution >= 4 is 5.91 Å². The Morgan fingerprint density at radius 2 is 1.70 bits per heavy atom. The maximum absolute atomic E-state index is 12.9. The van der Waals surface area contributed by atoms with Crippen LogP contribution in [0.1, 0.15) is 27.0 Å². The number of rotatable bonds is 4. The van der Waals surface area contributed by atoms with Crippen LogP contribution in [0, 0.1) is 0 Å². The molecular formula is C22H23F3N2O3. The number of amides is 1. The minimum Gasteiger partial charge on any atom is -0.380 e. The summed E-state index contributed by atoms with van der Waals surface area (Å²) in [6.45, 7) is 3.37. The first-order valence-corrected chi connectivity index (χ1v) is 9.83. The van der Waals surface area contributed by atoms with Gasteiger partial charge in [0.2, 0.25) is 0 Å². The molecule has 5 nitrogen and oxygen atoms in total. The third kappa shape index (κ3) is 4.35. The summed E-state index contributed by atoms with van der Waals surface area (Å²) in [6.07, 6.45) is -4.33. The number of carbonyl (C=O) groups is 1. The number of nitrogens with zero attached hydrogens (tertiary/aromatic N) is 2. The molecule has 0 radical (unpaired) electrons. The fourth-order valence-electron chi connectivity index (χ4n) is 3.75. The molecule has 0 aliphatic carbocycles. The Bertz CT molecular complexity index is 903.